The number of likely N-dealkylation sites (N-methyl/N-ethyl adjacent to an activating group) is 1. The molecule has 0 bridgehead atoms. The van der Waals surface area contributed by atoms with Gasteiger partial charge in [-0.05, 0) is 38.4 Å². The number of ether oxygens (including phenoxy) is 2. The number of anilines is 2. The predicted octanol–water partition coefficient (Wildman–Crippen LogP) is 4.08. The minimum absolute atomic E-state index is 0.0775. The zero-order valence-corrected chi connectivity index (χ0v) is 20.1. The van der Waals surface area contributed by atoms with Crippen LogP contribution in [0.25, 0.3) is 22.2 Å². The third-order valence-electron chi connectivity index (χ3n) is 5.99. The fourth-order valence-corrected chi connectivity index (χ4v) is 4.14. The van der Waals surface area contributed by atoms with Crippen LogP contribution in [-0.4, -0.2) is 54.8 Å². The van der Waals surface area contributed by atoms with Gasteiger partial charge in [0.1, 0.15) is 28.2 Å². The van der Waals surface area contributed by atoms with Crippen molar-refractivity contribution in [1.82, 2.24) is 20.3 Å². The fraction of sp³-hybridized carbons (Fsp3) is 0.435. The highest BCUT2D eigenvalue weighted by Crippen LogP contribution is 2.45. The quantitative estimate of drug-likeness (QED) is 0.392. The van der Waals surface area contributed by atoms with Crippen molar-refractivity contribution in [3.05, 3.63) is 28.8 Å². The van der Waals surface area contributed by atoms with E-state index in [2.05, 4.69) is 20.3 Å². The number of hydrogen-bond donors (Lipinski definition) is 2. The second kappa shape index (κ2) is 9.52. The standard InChI is InChI=1S/C23H25F5N6O2/c1-10-5-6-30-7-8-34(3)20-14-19(32-22(33-20)35-4)17(25)18(31-21(14)36-10)12-9-13(29)16(24)11(2)15(12)23(26,27)28/h9-10,30H,5-8,29H2,1-4H3. The number of halogens is 5. The van der Waals surface area contributed by atoms with E-state index in [1.54, 1.807) is 18.9 Å². The molecule has 3 N–H and O–H groups in total. The van der Waals surface area contributed by atoms with Crippen molar-refractivity contribution >= 4 is 22.4 Å². The zero-order valence-electron chi connectivity index (χ0n) is 20.1. The third-order valence-corrected chi connectivity index (χ3v) is 5.99. The Balaban J connectivity index is 2.13. The fourth-order valence-electron chi connectivity index (χ4n) is 4.14. The van der Waals surface area contributed by atoms with Crippen LogP contribution >= 0.6 is 0 Å². The molecule has 0 spiro atoms. The van der Waals surface area contributed by atoms with Crippen LogP contribution in [0.4, 0.5) is 33.5 Å². The van der Waals surface area contributed by atoms with Gasteiger partial charge in [0.25, 0.3) is 0 Å². The molecule has 3 aromatic rings. The van der Waals surface area contributed by atoms with E-state index in [4.69, 9.17) is 15.2 Å². The molecule has 0 saturated heterocycles. The first-order valence-electron chi connectivity index (χ1n) is 11.1. The van der Waals surface area contributed by atoms with Crippen LogP contribution in [0.2, 0.25) is 0 Å². The predicted molar refractivity (Wildman–Crippen MR) is 124 cm³/mol. The number of hydrogen-bond acceptors (Lipinski definition) is 8. The third kappa shape index (κ3) is 4.54. The van der Waals surface area contributed by atoms with Crippen LogP contribution in [0.3, 0.4) is 0 Å². The number of alkyl halides is 3. The lowest BCUT2D eigenvalue weighted by atomic mass is 9.96. The van der Waals surface area contributed by atoms with E-state index in [1.807, 2.05) is 0 Å². The summed E-state index contributed by atoms with van der Waals surface area (Å²) in [5.74, 6) is -2.35. The normalized spacial score (nSPS) is 17.0. The molecule has 3 heterocycles. The summed E-state index contributed by atoms with van der Waals surface area (Å²) in [6.45, 7) is 4.34. The smallest absolute Gasteiger partial charge is 0.417 e. The van der Waals surface area contributed by atoms with Crippen LogP contribution in [0, 0.1) is 18.6 Å². The molecule has 2 aromatic heterocycles. The summed E-state index contributed by atoms with van der Waals surface area (Å²) in [4.78, 5) is 14.3. The molecular formula is C23H25F5N6O2. The van der Waals surface area contributed by atoms with E-state index >= 15 is 4.39 Å². The molecule has 194 valence electrons. The maximum Gasteiger partial charge on any atom is 0.417 e. The van der Waals surface area contributed by atoms with Gasteiger partial charge >= 0.3 is 12.2 Å². The lowest BCUT2D eigenvalue weighted by Gasteiger charge is -2.23. The summed E-state index contributed by atoms with van der Waals surface area (Å²) in [5.41, 5.74) is 1.10. The summed E-state index contributed by atoms with van der Waals surface area (Å²) in [5, 5.41) is 3.33. The first kappa shape index (κ1) is 25.6. The Morgan fingerprint density at radius 3 is 2.56 bits per heavy atom. The second-order valence-electron chi connectivity index (χ2n) is 8.55. The van der Waals surface area contributed by atoms with Crippen molar-refractivity contribution in [2.75, 3.05) is 44.4 Å². The van der Waals surface area contributed by atoms with Crippen molar-refractivity contribution in [1.29, 1.82) is 0 Å². The molecule has 13 heteroatoms. The van der Waals surface area contributed by atoms with Crippen molar-refractivity contribution in [2.45, 2.75) is 32.5 Å². The summed E-state index contributed by atoms with van der Waals surface area (Å²) in [6, 6.07) is 0.521. The number of benzene rings is 1. The summed E-state index contributed by atoms with van der Waals surface area (Å²) in [6.07, 6.45) is -4.92. The number of nitrogens with one attached hydrogen (secondary N) is 1. The average molecular weight is 512 g/mol. The molecule has 1 aliphatic heterocycles. The second-order valence-corrected chi connectivity index (χ2v) is 8.55. The Hall–Kier alpha value is -3.48. The molecule has 1 atom stereocenters. The Labute approximate surface area is 203 Å². The van der Waals surface area contributed by atoms with Crippen molar-refractivity contribution in [3.63, 3.8) is 0 Å². The highest BCUT2D eigenvalue weighted by Gasteiger charge is 2.39. The Morgan fingerprint density at radius 1 is 1.17 bits per heavy atom. The molecular weight excluding hydrogens is 487 g/mol. The van der Waals surface area contributed by atoms with Gasteiger partial charge in [0.15, 0.2) is 5.82 Å². The number of methoxy groups -OCH3 is 1. The van der Waals surface area contributed by atoms with Gasteiger partial charge in [0.2, 0.25) is 5.88 Å². The largest absolute Gasteiger partial charge is 0.474 e. The van der Waals surface area contributed by atoms with Gasteiger partial charge in [-0.3, -0.25) is 0 Å². The number of nitrogens with zero attached hydrogens (tertiary/aromatic N) is 4. The Bertz CT molecular complexity index is 1320. The number of pyridine rings is 1. The van der Waals surface area contributed by atoms with E-state index in [1.165, 1.54) is 7.11 Å². The minimum atomic E-state index is -5.02. The highest BCUT2D eigenvalue weighted by molar-refractivity contribution is 5.97. The minimum Gasteiger partial charge on any atom is -0.474 e. The van der Waals surface area contributed by atoms with Crippen LogP contribution < -0.4 is 25.4 Å². The molecule has 0 aliphatic carbocycles. The van der Waals surface area contributed by atoms with Gasteiger partial charge in [0.05, 0.1) is 24.5 Å². The Morgan fingerprint density at radius 2 is 1.89 bits per heavy atom. The lowest BCUT2D eigenvalue weighted by molar-refractivity contribution is -0.137. The monoisotopic (exact) mass is 512 g/mol. The lowest BCUT2D eigenvalue weighted by Crippen LogP contribution is -2.31. The topological polar surface area (TPSA) is 98.4 Å². The van der Waals surface area contributed by atoms with E-state index in [0.717, 1.165) is 13.0 Å². The molecule has 0 fully saturated rings. The average Bonchev–Trinajstić information content (AvgIpc) is 2.83. The van der Waals surface area contributed by atoms with Gasteiger partial charge in [-0.25, -0.2) is 13.8 Å². The van der Waals surface area contributed by atoms with E-state index in [-0.39, 0.29) is 28.6 Å². The number of aromatic nitrogens is 3. The number of nitrogen functional groups attached to an aromatic ring is 1. The molecule has 36 heavy (non-hydrogen) atoms. The first-order chi connectivity index (χ1) is 16.9. The van der Waals surface area contributed by atoms with Crippen LogP contribution in [-0.2, 0) is 6.18 Å². The number of rotatable bonds is 2. The van der Waals surface area contributed by atoms with E-state index in [9.17, 15) is 17.6 Å². The molecule has 0 amide bonds. The SMILES string of the molecule is COc1nc2c3c(nc(-c4cc(N)c(F)c(C)c4C(F)(F)F)c(F)c3n1)OC(C)CCNCCN2C. The van der Waals surface area contributed by atoms with Crippen LogP contribution in [0.5, 0.6) is 11.9 Å². The van der Waals surface area contributed by atoms with Crippen LogP contribution in [0.1, 0.15) is 24.5 Å². The van der Waals surface area contributed by atoms with Gasteiger partial charge in [-0.15, -0.1) is 0 Å². The summed E-state index contributed by atoms with van der Waals surface area (Å²) >= 11 is 0. The Kier molecular flexibility index (Phi) is 6.78. The number of nitrogens with two attached hydrogens (primary N) is 1. The molecule has 0 saturated carbocycles. The molecule has 8 nitrogen and oxygen atoms in total. The van der Waals surface area contributed by atoms with Crippen molar-refractivity contribution in [2.24, 2.45) is 0 Å². The van der Waals surface area contributed by atoms with Gasteiger partial charge in [-0.1, -0.05) is 0 Å². The van der Waals surface area contributed by atoms with Gasteiger partial charge in [0, 0.05) is 25.7 Å². The molecule has 1 aliphatic rings. The van der Waals surface area contributed by atoms with Gasteiger partial charge < -0.3 is 25.4 Å². The molecule has 1 aromatic carbocycles. The van der Waals surface area contributed by atoms with Gasteiger partial charge in [-0.2, -0.15) is 23.1 Å². The first-order valence-corrected chi connectivity index (χ1v) is 11.1. The van der Waals surface area contributed by atoms with Crippen LogP contribution in [0.15, 0.2) is 6.07 Å². The zero-order chi connectivity index (χ0) is 26.4. The highest BCUT2D eigenvalue weighted by atomic mass is 19.4. The summed E-state index contributed by atoms with van der Waals surface area (Å²) < 4.78 is 83.7. The molecule has 1 unspecified atom stereocenters. The van der Waals surface area contributed by atoms with Crippen molar-refractivity contribution in [3.8, 4) is 23.1 Å². The maximum absolute atomic E-state index is 16.0. The maximum atomic E-state index is 16.0. The van der Waals surface area contributed by atoms with E-state index in [0.29, 0.717) is 26.1 Å². The molecule has 4 rings (SSSR count). The summed E-state index contributed by atoms with van der Waals surface area (Å²) in [7, 11) is 3.00. The molecule has 0 radical (unpaired) electrons. The van der Waals surface area contributed by atoms with E-state index < -0.39 is 52.0 Å². The van der Waals surface area contributed by atoms with Crippen molar-refractivity contribution < 1.29 is 31.4 Å².